The SMILES string of the molecule is N#CC(Nc1ccccc1)c1ncc(Cl)s1. The summed E-state index contributed by atoms with van der Waals surface area (Å²) in [7, 11) is 0. The van der Waals surface area contributed by atoms with Gasteiger partial charge in [0.15, 0.2) is 6.04 Å². The smallest absolute Gasteiger partial charge is 0.167 e. The van der Waals surface area contributed by atoms with Gasteiger partial charge < -0.3 is 5.32 Å². The molecule has 0 aliphatic carbocycles. The highest BCUT2D eigenvalue weighted by Gasteiger charge is 2.14. The van der Waals surface area contributed by atoms with Crippen molar-refractivity contribution in [2.45, 2.75) is 6.04 Å². The van der Waals surface area contributed by atoms with E-state index in [0.717, 1.165) is 5.69 Å². The number of nitrogens with one attached hydrogen (secondary N) is 1. The number of aromatic nitrogens is 1. The number of rotatable bonds is 3. The minimum Gasteiger partial charge on any atom is -0.364 e. The highest BCUT2D eigenvalue weighted by Crippen LogP contribution is 2.26. The van der Waals surface area contributed by atoms with E-state index >= 15 is 0 Å². The fourth-order valence-corrected chi connectivity index (χ4v) is 2.18. The molecular formula is C11H8ClN3S. The van der Waals surface area contributed by atoms with Gasteiger partial charge in [0.1, 0.15) is 9.34 Å². The fraction of sp³-hybridized carbons (Fsp3) is 0.0909. The number of nitrogens with zero attached hydrogens (tertiary/aromatic N) is 2. The van der Waals surface area contributed by atoms with Gasteiger partial charge in [-0.15, -0.1) is 11.3 Å². The number of thiazole rings is 1. The zero-order valence-corrected chi connectivity index (χ0v) is 9.79. The summed E-state index contributed by atoms with van der Waals surface area (Å²) in [5, 5.41) is 12.8. The molecule has 0 saturated carbocycles. The summed E-state index contributed by atoms with van der Waals surface area (Å²) in [5.74, 6) is 0. The van der Waals surface area contributed by atoms with Gasteiger partial charge in [0, 0.05) is 5.69 Å². The number of hydrogen-bond donors (Lipinski definition) is 1. The minimum atomic E-state index is -0.458. The van der Waals surface area contributed by atoms with Gasteiger partial charge in [0.2, 0.25) is 0 Å². The average Bonchev–Trinajstić information content (AvgIpc) is 2.74. The van der Waals surface area contributed by atoms with E-state index in [9.17, 15) is 0 Å². The van der Waals surface area contributed by atoms with Crippen molar-refractivity contribution in [2.75, 3.05) is 5.32 Å². The molecule has 80 valence electrons. The molecule has 0 saturated heterocycles. The van der Waals surface area contributed by atoms with Gasteiger partial charge in [-0.2, -0.15) is 5.26 Å². The van der Waals surface area contributed by atoms with Crippen LogP contribution in [0.4, 0.5) is 5.69 Å². The molecule has 1 N–H and O–H groups in total. The first-order valence-corrected chi connectivity index (χ1v) is 5.81. The lowest BCUT2D eigenvalue weighted by atomic mass is 10.2. The van der Waals surface area contributed by atoms with Crippen LogP contribution >= 0.6 is 22.9 Å². The topological polar surface area (TPSA) is 48.7 Å². The third-order valence-corrected chi connectivity index (χ3v) is 3.14. The van der Waals surface area contributed by atoms with Crippen molar-refractivity contribution >= 4 is 28.6 Å². The summed E-state index contributed by atoms with van der Waals surface area (Å²) in [6.45, 7) is 0. The molecular weight excluding hydrogens is 242 g/mol. The molecule has 1 atom stereocenters. The van der Waals surface area contributed by atoms with Gasteiger partial charge in [-0.3, -0.25) is 0 Å². The molecule has 0 bridgehead atoms. The number of hydrogen-bond acceptors (Lipinski definition) is 4. The maximum absolute atomic E-state index is 9.06. The predicted octanol–water partition coefficient (Wildman–Crippen LogP) is 3.47. The highest BCUT2D eigenvalue weighted by atomic mass is 35.5. The maximum atomic E-state index is 9.06. The van der Waals surface area contributed by atoms with Gasteiger partial charge in [0.25, 0.3) is 0 Å². The molecule has 5 heteroatoms. The van der Waals surface area contributed by atoms with Crippen molar-refractivity contribution in [3.63, 3.8) is 0 Å². The first-order valence-electron chi connectivity index (χ1n) is 4.62. The van der Waals surface area contributed by atoms with Crippen LogP contribution < -0.4 is 5.32 Å². The van der Waals surface area contributed by atoms with E-state index in [1.54, 1.807) is 6.20 Å². The molecule has 2 aromatic rings. The van der Waals surface area contributed by atoms with E-state index in [1.807, 2.05) is 30.3 Å². The van der Waals surface area contributed by atoms with Crippen LogP contribution in [0.1, 0.15) is 11.0 Å². The number of anilines is 1. The molecule has 0 aliphatic heterocycles. The highest BCUT2D eigenvalue weighted by molar-refractivity contribution is 7.15. The molecule has 16 heavy (non-hydrogen) atoms. The van der Waals surface area contributed by atoms with Crippen LogP contribution in [0, 0.1) is 11.3 Å². The summed E-state index contributed by atoms with van der Waals surface area (Å²) >= 11 is 7.09. The Morgan fingerprint density at radius 1 is 1.38 bits per heavy atom. The zero-order chi connectivity index (χ0) is 11.4. The Bertz CT molecular complexity index is 503. The molecule has 0 spiro atoms. The van der Waals surface area contributed by atoms with Crippen LogP contribution in [-0.4, -0.2) is 4.98 Å². The van der Waals surface area contributed by atoms with Crippen molar-refractivity contribution in [3.8, 4) is 6.07 Å². The van der Waals surface area contributed by atoms with Crippen molar-refractivity contribution < 1.29 is 0 Å². The van der Waals surface area contributed by atoms with E-state index in [1.165, 1.54) is 11.3 Å². The monoisotopic (exact) mass is 249 g/mol. The van der Waals surface area contributed by atoms with E-state index in [4.69, 9.17) is 16.9 Å². The Morgan fingerprint density at radius 2 is 2.12 bits per heavy atom. The Balaban J connectivity index is 2.16. The molecule has 0 radical (unpaired) electrons. The summed E-state index contributed by atoms with van der Waals surface area (Å²) in [6, 6.07) is 11.2. The predicted molar refractivity (Wildman–Crippen MR) is 65.5 cm³/mol. The number of nitriles is 1. The quantitative estimate of drug-likeness (QED) is 0.906. The largest absolute Gasteiger partial charge is 0.364 e. The number of benzene rings is 1. The van der Waals surface area contributed by atoms with Gasteiger partial charge in [0.05, 0.1) is 12.3 Å². The van der Waals surface area contributed by atoms with Crippen molar-refractivity contribution in [1.82, 2.24) is 4.98 Å². The number of para-hydroxylation sites is 1. The third kappa shape index (κ3) is 2.51. The van der Waals surface area contributed by atoms with Gasteiger partial charge in [-0.25, -0.2) is 4.98 Å². The van der Waals surface area contributed by atoms with Crippen molar-refractivity contribution in [1.29, 1.82) is 5.26 Å². The second-order valence-corrected chi connectivity index (χ2v) is 4.77. The molecule has 0 amide bonds. The lowest BCUT2D eigenvalue weighted by molar-refractivity contribution is 0.974. The van der Waals surface area contributed by atoms with Gasteiger partial charge in [-0.1, -0.05) is 29.8 Å². The third-order valence-electron chi connectivity index (χ3n) is 1.96. The zero-order valence-electron chi connectivity index (χ0n) is 8.22. The fourth-order valence-electron chi connectivity index (χ4n) is 1.25. The molecule has 3 nitrogen and oxygen atoms in total. The Morgan fingerprint density at radius 3 is 2.69 bits per heavy atom. The van der Waals surface area contributed by atoms with E-state index in [-0.39, 0.29) is 0 Å². The lowest BCUT2D eigenvalue weighted by Gasteiger charge is -2.09. The first kappa shape index (κ1) is 10.9. The normalized spacial score (nSPS) is 11.8. The molecule has 0 aliphatic rings. The second kappa shape index (κ2) is 4.97. The van der Waals surface area contributed by atoms with E-state index in [2.05, 4.69) is 16.4 Å². The molecule has 1 aromatic heterocycles. The maximum Gasteiger partial charge on any atom is 0.167 e. The summed E-state index contributed by atoms with van der Waals surface area (Å²) < 4.78 is 0.588. The summed E-state index contributed by atoms with van der Waals surface area (Å²) in [5.41, 5.74) is 0.889. The van der Waals surface area contributed by atoms with E-state index < -0.39 is 6.04 Å². The van der Waals surface area contributed by atoms with Gasteiger partial charge in [-0.05, 0) is 12.1 Å². The van der Waals surface area contributed by atoms with Crippen LogP contribution in [-0.2, 0) is 0 Å². The van der Waals surface area contributed by atoms with Crippen molar-refractivity contribution in [2.24, 2.45) is 0 Å². The Hall–Kier alpha value is -1.57. The average molecular weight is 250 g/mol. The van der Waals surface area contributed by atoms with E-state index in [0.29, 0.717) is 9.34 Å². The molecule has 2 rings (SSSR count). The van der Waals surface area contributed by atoms with Gasteiger partial charge >= 0.3 is 0 Å². The Kier molecular flexibility index (Phi) is 3.40. The van der Waals surface area contributed by atoms with Crippen LogP contribution in [0.3, 0.4) is 0 Å². The lowest BCUT2D eigenvalue weighted by Crippen LogP contribution is -2.07. The molecule has 1 unspecified atom stereocenters. The van der Waals surface area contributed by atoms with Crippen LogP contribution in [0.5, 0.6) is 0 Å². The molecule has 0 fully saturated rings. The second-order valence-electron chi connectivity index (χ2n) is 3.08. The van der Waals surface area contributed by atoms with Crippen LogP contribution in [0.25, 0.3) is 0 Å². The molecule has 1 heterocycles. The summed E-state index contributed by atoms with van der Waals surface area (Å²) in [6.07, 6.45) is 1.55. The number of halogens is 1. The summed E-state index contributed by atoms with van der Waals surface area (Å²) in [4.78, 5) is 4.08. The minimum absolute atomic E-state index is 0.458. The standard InChI is InChI=1S/C11H8ClN3S/c12-10-7-14-11(16-10)9(6-13)15-8-4-2-1-3-5-8/h1-5,7,9,15H. The Labute approximate surface area is 102 Å². The van der Waals surface area contributed by atoms with Crippen LogP contribution in [0.2, 0.25) is 4.34 Å². The molecule has 1 aromatic carbocycles. The first-order chi connectivity index (χ1) is 7.79. The van der Waals surface area contributed by atoms with Crippen LogP contribution in [0.15, 0.2) is 36.5 Å². The van der Waals surface area contributed by atoms with Crippen molar-refractivity contribution in [3.05, 3.63) is 45.9 Å².